The number of pyridine rings is 1. The Hall–Kier alpha value is -2.08. The number of amides is 1. The van der Waals surface area contributed by atoms with Crippen LogP contribution in [0.1, 0.15) is 94.2 Å². The van der Waals surface area contributed by atoms with Gasteiger partial charge in [0.05, 0.1) is 11.4 Å². The number of nitrogens with one attached hydrogen (secondary N) is 1. The van der Waals surface area contributed by atoms with Crippen molar-refractivity contribution in [1.82, 2.24) is 9.88 Å². The lowest BCUT2D eigenvalue weighted by atomic mass is 9.77. The molecular weight excluding hydrogens is 424 g/mol. The van der Waals surface area contributed by atoms with Gasteiger partial charge in [0.15, 0.2) is 0 Å². The summed E-state index contributed by atoms with van der Waals surface area (Å²) in [6.45, 7) is 24.6. The minimum Gasteiger partial charge on any atom is -0.444 e. The third-order valence-corrected chi connectivity index (χ3v) is 7.05. The van der Waals surface area contributed by atoms with Gasteiger partial charge in [-0.2, -0.15) is 0 Å². The number of hydrogen-bond donors (Lipinski definition) is 1. The Morgan fingerprint density at radius 1 is 1.09 bits per heavy atom. The molecule has 3 rings (SSSR count). The summed E-state index contributed by atoms with van der Waals surface area (Å²) in [6, 6.07) is 4.03. The third-order valence-electron chi connectivity index (χ3n) is 7.05. The van der Waals surface area contributed by atoms with Crippen LogP contribution < -0.4 is 10.2 Å². The molecular formula is C28H46N4O2. The molecule has 1 aromatic heterocycles. The number of allylic oxidation sites excluding steroid dienone is 2. The molecule has 6 nitrogen and oxygen atoms in total. The zero-order valence-electron chi connectivity index (χ0n) is 23.1. The van der Waals surface area contributed by atoms with Crippen LogP contribution in [-0.4, -0.2) is 52.3 Å². The molecule has 0 atom stereocenters. The predicted octanol–water partition coefficient (Wildman–Crippen LogP) is 6.72. The van der Waals surface area contributed by atoms with Crippen LogP contribution in [0.25, 0.3) is 5.57 Å². The van der Waals surface area contributed by atoms with Gasteiger partial charge in [-0.25, -0.2) is 9.78 Å². The summed E-state index contributed by atoms with van der Waals surface area (Å²) in [5, 5.41) is 2.97. The maximum absolute atomic E-state index is 12.6. The van der Waals surface area contributed by atoms with Gasteiger partial charge in [0.1, 0.15) is 11.4 Å². The van der Waals surface area contributed by atoms with Crippen LogP contribution in [0.4, 0.5) is 16.3 Å². The molecule has 1 saturated heterocycles. The molecule has 34 heavy (non-hydrogen) atoms. The van der Waals surface area contributed by atoms with Crippen molar-refractivity contribution in [2.24, 2.45) is 5.41 Å². The Morgan fingerprint density at radius 2 is 1.71 bits per heavy atom. The number of anilines is 2. The average molecular weight is 471 g/mol. The summed E-state index contributed by atoms with van der Waals surface area (Å²) < 4.78 is 5.53. The smallest absolute Gasteiger partial charge is 0.412 e. The van der Waals surface area contributed by atoms with Crippen molar-refractivity contribution >= 4 is 23.2 Å². The monoisotopic (exact) mass is 470 g/mol. The average Bonchev–Trinajstić information content (AvgIpc) is 2.65. The molecule has 1 aromatic rings. The van der Waals surface area contributed by atoms with Crippen molar-refractivity contribution in [2.75, 3.05) is 29.9 Å². The Labute approximate surface area is 207 Å². The number of likely N-dealkylation sites (N-methyl/N-ethyl adjacent to an activating group) is 1. The molecule has 0 aromatic carbocycles. The van der Waals surface area contributed by atoms with E-state index >= 15 is 0 Å². The quantitative estimate of drug-likeness (QED) is 0.529. The van der Waals surface area contributed by atoms with Crippen LogP contribution in [0, 0.1) is 5.41 Å². The molecule has 1 amide bonds. The number of ether oxygens (including phenoxy) is 1. The molecule has 1 aliphatic carbocycles. The molecule has 2 heterocycles. The van der Waals surface area contributed by atoms with Crippen molar-refractivity contribution in [3.8, 4) is 0 Å². The first-order chi connectivity index (χ1) is 15.5. The molecule has 0 spiro atoms. The fourth-order valence-corrected chi connectivity index (χ4v) is 5.67. The Balaban J connectivity index is 1.98. The molecule has 0 radical (unpaired) electrons. The summed E-state index contributed by atoms with van der Waals surface area (Å²) in [6.07, 6.45) is 4.92. The van der Waals surface area contributed by atoms with Gasteiger partial charge in [-0.3, -0.25) is 10.2 Å². The summed E-state index contributed by atoms with van der Waals surface area (Å²) in [4.78, 5) is 22.8. The van der Waals surface area contributed by atoms with Gasteiger partial charge in [0, 0.05) is 24.2 Å². The van der Waals surface area contributed by atoms with Crippen LogP contribution in [-0.2, 0) is 4.74 Å². The van der Waals surface area contributed by atoms with E-state index in [9.17, 15) is 4.79 Å². The fraction of sp³-hybridized carbons (Fsp3) is 0.714. The van der Waals surface area contributed by atoms with E-state index in [2.05, 4.69) is 69.7 Å². The highest BCUT2D eigenvalue weighted by molar-refractivity contribution is 5.89. The Kier molecular flexibility index (Phi) is 7.16. The van der Waals surface area contributed by atoms with Crippen molar-refractivity contribution in [2.45, 2.75) is 105 Å². The van der Waals surface area contributed by atoms with Crippen LogP contribution in [0.5, 0.6) is 0 Å². The lowest BCUT2D eigenvalue weighted by Crippen LogP contribution is -2.68. The first kappa shape index (κ1) is 26.5. The molecule has 1 N–H and O–H groups in total. The number of rotatable bonds is 4. The first-order valence-corrected chi connectivity index (χ1v) is 12.8. The second-order valence-corrected chi connectivity index (χ2v) is 13.0. The second kappa shape index (κ2) is 9.18. The zero-order chi connectivity index (χ0) is 25.5. The van der Waals surface area contributed by atoms with E-state index in [4.69, 9.17) is 9.72 Å². The van der Waals surface area contributed by atoms with Gasteiger partial charge in [-0.15, -0.1) is 0 Å². The molecule has 0 bridgehead atoms. The highest BCUT2D eigenvalue weighted by atomic mass is 16.6. The number of carbonyl (C=O) groups is 1. The maximum atomic E-state index is 12.6. The second-order valence-electron chi connectivity index (χ2n) is 13.0. The van der Waals surface area contributed by atoms with Crippen molar-refractivity contribution in [3.05, 3.63) is 23.9 Å². The van der Waals surface area contributed by atoms with E-state index in [1.54, 1.807) is 0 Å². The van der Waals surface area contributed by atoms with E-state index < -0.39 is 11.7 Å². The SMILES string of the molecule is CCN1C(C)(C)CN(c2ccc(NC(=O)OC(C)(C)C)c(C3=CCC(C)(C)CC3)n2)CC1(C)C. The van der Waals surface area contributed by atoms with E-state index in [0.29, 0.717) is 5.41 Å². The van der Waals surface area contributed by atoms with Gasteiger partial charge < -0.3 is 9.64 Å². The summed E-state index contributed by atoms with van der Waals surface area (Å²) in [7, 11) is 0. The van der Waals surface area contributed by atoms with Gasteiger partial charge in [0.25, 0.3) is 0 Å². The Morgan fingerprint density at radius 3 is 2.21 bits per heavy atom. The normalized spacial score (nSPS) is 22.2. The van der Waals surface area contributed by atoms with Crippen molar-refractivity contribution in [1.29, 1.82) is 0 Å². The topological polar surface area (TPSA) is 57.7 Å². The highest BCUT2D eigenvalue weighted by Gasteiger charge is 2.44. The lowest BCUT2D eigenvalue weighted by molar-refractivity contribution is 0.00463. The van der Waals surface area contributed by atoms with E-state index in [1.165, 1.54) is 5.57 Å². The van der Waals surface area contributed by atoms with Crippen LogP contribution in [0.3, 0.4) is 0 Å². The van der Waals surface area contributed by atoms with Gasteiger partial charge in [0.2, 0.25) is 0 Å². The highest BCUT2D eigenvalue weighted by Crippen LogP contribution is 2.41. The van der Waals surface area contributed by atoms with E-state index in [0.717, 1.165) is 56.1 Å². The summed E-state index contributed by atoms with van der Waals surface area (Å²) >= 11 is 0. The van der Waals surface area contributed by atoms with Gasteiger partial charge in [-0.05, 0) is 97.4 Å². The lowest BCUT2D eigenvalue weighted by Gasteiger charge is -2.56. The largest absolute Gasteiger partial charge is 0.444 e. The number of aromatic nitrogens is 1. The molecule has 0 unspecified atom stereocenters. The van der Waals surface area contributed by atoms with E-state index in [-0.39, 0.29) is 11.1 Å². The predicted molar refractivity (Wildman–Crippen MR) is 142 cm³/mol. The molecule has 190 valence electrons. The molecule has 1 aliphatic heterocycles. The fourth-order valence-electron chi connectivity index (χ4n) is 5.67. The molecule has 0 saturated carbocycles. The first-order valence-electron chi connectivity index (χ1n) is 12.8. The number of carbonyl (C=O) groups excluding carboxylic acids is 1. The maximum Gasteiger partial charge on any atom is 0.412 e. The molecule has 1 fully saturated rings. The molecule has 6 heteroatoms. The minimum absolute atomic E-state index is 0.0277. The van der Waals surface area contributed by atoms with E-state index in [1.807, 2.05) is 32.9 Å². The Bertz CT molecular complexity index is 922. The van der Waals surface area contributed by atoms with Crippen LogP contribution in [0.15, 0.2) is 18.2 Å². The number of piperazine rings is 1. The number of nitrogens with zero attached hydrogens (tertiary/aromatic N) is 3. The summed E-state index contributed by atoms with van der Waals surface area (Å²) in [5.74, 6) is 0.965. The van der Waals surface area contributed by atoms with Crippen LogP contribution in [0.2, 0.25) is 0 Å². The van der Waals surface area contributed by atoms with Crippen LogP contribution >= 0.6 is 0 Å². The standard InChI is InChI=1S/C28H46N4O2/c1-11-32-27(7,8)18-31(19-28(32,9)10)22-13-12-21(29-24(33)34-25(2,3)4)23(30-22)20-14-16-26(5,6)17-15-20/h12-14H,11,15-19H2,1-10H3,(H,29,33). The zero-order valence-corrected chi connectivity index (χ0v) is 23.1. The van der Waals surface area contributed by atoms with Gasteiger partial charge >= 0.3 is 6.09 Å². The van der Waals surface area contributed by atoms with Crippen molar-refractivity contribution in [3.63, 3.8) is 0 Å². The summed E-state index contributed by atoms with van der Waals surface area (Å²) in [5.41, 5.74) is 2.59. The van der Waals surface area contributed by atoms with Crippen molar-refractivity contribution < 1.29 is 9.53 Å². The third kappa shape index (κ3) is 6.12. The number of hydrogen-bond acceptors (Lipinski definition) is 5. The van der Waals surface area contributed by atoms with Gasteiger partial charge in [-0.1, -0.05) is 26.8 Å². The minimum atomic E-state index is -0.554. The molecule has 2 aliphatic rings.